The summed E-state index contributed by atoms with van der Waals surface area (Å²) in [6, 6.07) is 6.07. The Balaban J connectivity index is 1.87. The molecular weight excluding hydrogens is 304 g/mol. The van der Waals surface area contributed by atoms with Gasteiger partial charge in [-0.25, -0.2) is 4.98 Å². The summed E-state index contributed by atoms with van der Waals surface area (Å²) < 4.78 is 2.90. The van der Waals surface area contributed by atoms with Crippen LogP contribution >= 0.6 is 22.7 Å². The first-order valence-electron chi connectivity index (χ1n) is 6.50. The molecule has 0 saturated carbocycles. The van der Waals surface area contributed by atoms with E-state index in [0.717, 1.165) is 31.6 Å². The van der Waals surface area contributed by atoms with Crippen LogP contribution in [0.5, 0.6) is 0 Å². The zero-order chi connectivity index (χ0) is 14.6. The summed E-state index contributed by atoms with van der Waals surface area (Å²) in [6.07, 6.45) is 0. The molecule has 21 heavy (non-hydrogen) atoms. The smallest absolute Gasteiger partial charge is 0.234 e. The highest BCUT2D eigenvalue weighted by molar-refractivity contribution is 7.22. The number of hydrogen-bond acceptors (Lipinski definition) is 7. The van der Waals surface area contributed by atoms with Crippen molar-refractivity contribution in [2.75, 3.05) is 5.73 Å². The molecule has 106 valence electrons. The summed E-state index contributed by atoms with van der Waals surface area (Å²) in [4.78, 5) is 5.09. The Morgan fingerprint density at radius 3 is 2.86 bits per heavy atom. The third-order valence-corrected chi connectivity index (χ3v) is 4.98. The van der Waals surface area contributed by atoms with Crippen LogP contribution in [0.15, 0.2) is 18.2 Å². The molecule has 0 aliphatic heterocycles. The molecule has 2 N–H and O–H groups in total. The highest BCUT2D eigenvalue weighted by Crippen LogP contribution is 2.31. The number of nitrogens with zero attached hydrogens (tertiary/aromatic N) is 5. The summed E-state index contributed by atoms with van der Waals surface area (Å²) in [5, 5.41) is 14.5. The van der Waals surface area contributed by atoms with Crippen molar-refractivity contribution in [2.45, 2.75) is 19.8 Å². The zero-order valence-electron chi connectivity index (χ0n) is 11.4. The van der Waals surface area contributed by atoms with Gasteiger partial charge in [-0.2, -0.15) is 9.61 Å². The van der Waals surface area contributed by atoms with Gasteiger partial charge in [0.05, 0.1) is 10.2 Å². The van der Waals surface area contributed by atoms with Crippen LogP contribution in [-0.4, -0.2) is 24.8 Å². The molecule has 8 heteroatoms. The van der Waals surface area contributed by atoms with E-state index < -0.39 is 0 Å². The molecule has 4 aromatic rings. The Morgan fingerprint density at radius 1 is 1.19 bits per heavy atom. The molecule has 0 fully saturated rings. The molecule has 0 atom stereocenters. The molecule has 4 rings (SSSR count). The number of nitrogens with two attached hydrogens (primary N) is 1. The summed E-state index contributed by atoms with van der Waals surface area (Å²) in [6.45, 7) is 4.17. The van der Waals surface area contributed by atoms with E-state index in [1.807, 2.05) is 16.6 Å². The van der Waals surface area contributed by atoms with Crippen LogP contribution in [0, 0.1) is 0 Å². The lowest BCUT2D eigenvalue weighted by Gasteiger charge is -1.98. The molecule has 0 aliphatic carbocycles. The fraction of sp³-hybridized carbons (Fsp3) is 0.231. The maximum atomic E-state index is 5.75. The monoisotopic (exact) mass is 316 g/mol. The van der Waals surface area contributed by atoms with Gasteiger partial charge in [-0.15, -0.1) is 10.2 Å². The van der Waals surface area contributed by atoms with Gasteiger partial charge in [0.25, 0.3) is 0 Å². The van der Waals surface area contributed by atoms with E-state index in [-0.39, 0.29) is 0 Å². The van der Waals surface area contributed by atoms with E-state index in [1.54, 1.807) is 0 Å². The van der Waals surface area contributed by atoms with Gasteiger partial charge >= 0.3 is 0 Å². The Bertz CT molecular complexity index is 948. The van der Waals surface area contributed by atoms with Crippen molar-refractivity contribution in [3.8, 4) is 10.6 Å². The number of thiazole rings is 1. The van der Waals surface area contributed by atoms with Gasteiger partial charge in [-0.05, 0) is 18.2 Å². The fourth-order valence-corrected chi connectivity index (χ4v) is 3.80. The Labute approximate surface area is 128 Å². The summed E-state index contributed by atoms with van der Waals surface area (Å²) in [5.41, 5.74) is 7.72. The SMILES string of the molecule is CC(C)c1nnc2sc(-c3ccc4nc(N)sc4c3)nn12. The first kappa shape index (κ1) is 12.7. The molecule has 0 radical (unpaired) electrons. The van der Waals surface area contributed by atoms with Crippen molar-refractivity contribution in [2.24, 2.45) is 0 Å². The van der Waals surface area contributed by atoms with Crippen molar-refractivity contribution >= 4 is 43.0 Å². The minimum absolute atomic E-state index is 0.290. The normalized spacial score (nSPS) is 12.0. The van der Waals surface area contributed by atoms with E-state index >= 15 is 0 Å². The van der Waals surface area contributed by atoms with Crippen molar-refractivity contribution in [1.29, 1.82) is 0 Å². The highest BCUT2D eigenvalue weighted by atomic mass is 32.1. The van der Waals surface area contributed by atoms with E-state index in [4.69, 9.17) is 5.73 Å². The largest absolute Gasteiger partial charge is 0.375 e. The standard InChI is InChI=1S/C13H12N6S2/c1-6(2)10-16-17-13-19(10)18-11(21-13)7-3-4-8-9(5-7)20-12(14)15-8/h3-6H,1-2H3,(H2,14,15). The Morgan fingerprint density at radius 2 is 2.05 bits per heavy atom. The molecule has 0 spiro atoms. The number of hydrogen-bond donors (Lipinski definition) is 1. The Hall–Kier alpha value is -2.06. The van der Waals surface area contributed by atoms with Crippen LogP contribution in [0.3, 0.4) is 0 Å². The molecule has 0 saturated heterocycles. The first-order chi connectivity index (χ1) is 10.1. The van der Waals surface area contributed by atoms with Crippen LogP contribution in [0.2, 0.25) is 0 Å². The van der Waals surface area contributed by atoms with Crippen LogP contribution in [-0.2, 0) is 0 Å². The van der Waals surface area contributed by atoms with E-state index in [9.17, 15) is 0 Å². The molecule has 0 bridgehead atoms. The highest BCUT2D eigenvalue weighted by Gasteiger charge is 2.15. The molecule has 3 heterocycles. The van der Waals surface area contributed by atoms with Crippen LogP contribution in [0.4, 0.5) is 5.13 Å². The minimum Gasteiger partial charge on any atom is -0.375 e. The van der Waals surface area contributed by atoms with Crippen molar-refractivity contribution < 1.29 is 0 Å². The second-order valence-electron chi connectivity index (χ2n) is 5.05. The summed E-state index contributed by atoms with van der Waals surface area (Å²) in [7, 11) is 0. The lowest BCUT2D eigenvalue weighted by Crippen LogP contribution is -1.97. The van der Waals surface area contributed by atoms with Crippen LogP contribution < -0.4 is 5.73 Å². The van der Waals surface area contributed by atoms with Gasteiger partial charge in [0.15, 0.2) is 11.0 Å². The number of nitrogen functional groups attached to an aromatic ring is 1. The summed E-state index contributed by atoms with van der Waals surface area (Å²) in [5.74, 6) is 1.18. The van der Waals surface area contributed by atoms with Crippen molar-refractivity contribution in [1.82, 2.24) is 24.8 Å². The number of rotatable bonds is 2. The predicted molar refractivity (Wildman–Crippen MR) is 85.8 cm³/mol. The second-order valence-corrected chi connectivity index (χ2v) is 7.07. The zero-order valence-corrected chi connectivity index (χ0v) is 13.1. The van der Waals surface area contributed by atoms with Crippen molar-refractivity contribution in [3.63, 3.8) is 0 Å². The predicted octanol–water partition coefficient (Wildman–Crippen LogP) is 3.17. The van der Waals surface area contributed by atoms with Crippen LogP contribution in [0.1, 0.15) is 25.6 Å². The molecule has 0 unspecified atom stereocenters. The maximum absolute atomic E-state index is 5.75. The van der Waals surface area contributed by atoms with Gasteiger partial charge in [0, 0.05) is 11.5 Å². The van der Waals surface area contributed by atoms with Gasteiger partial charge in [-0.1, -0.05) is 36.5 Å². The average Bonchev–Trinajstić information content (AvgIpc) is 3.07. The van der Waals surface area contributed by atoms with Gasteiger partial charge < -0.3 is 5.73 Å². The maximum Gasteiger partial charge on any atom is 0.234 e. The van der Waals surface area contributed by atoms with Crippen molar-refractivity contribution in [3.05, 3.63) is 24.0 Å². The number of aromatic nitrogens is 5. The minimum atomic E-state index is 0.290. The second kappa shape index (κ2) is 4.47. The lowest BCUT2D eigenvalue weighted by atomic mass is 10.2. The van der Waals surface area contributed by atoms with Crippen LogP contribution in [0.25, 0.3) is 25.7 Å². The topological polar surface area (TPSA) is 82.0 Å². The molecule has 3 aromatic heterocycles. The van der Waals surface area contributed by atoms with E-state index in [0.29, 0.717) is 11.0 Å². The number of benzene rings is 1. The molecule has 0 aliphatic rings. The molecule has 0 amide bonds. The average molecular weight is 316 g/mol. The fourth-order valence-electron chi connectivity index (χ4n) is 2.18. The summed E-state index contributed by atoms with van der Waals surface area (Å²) >= 11 is 3.02. The number of fused-ring (bicyclic) bond motifs is 2. The van der Waals surface area contributed by atoms with Gasteiger partial charge in [-0.3, -0.25) is 0 Å². The molecule has 6 nitrogen and oxygen atoms in total. The first-order valence-corrected chi connectivity index (χ1v) is 8.13. The van der Waals surface area contributed by atoms with Gasteiger partial charge in [0.1, 0.15) is 5.01 Å². The quantitative estimate of drug-likeness (QED) is 0.614. The third kappa shape index (κ3) is 1.98. The van der Waals surface area contributed by atoms with E-state index in [1.165, 1.54) is 22.7 Å². The Kier molecular flexibility index (Phi) is 2.69. The van der Waals surface area contributed by atoms with Gasteiger partial charge in [0.2, 0.25) is 4.96 Å². The molecular formula is C13H12N6S2. The lowest BCUT2D eigenvalue weighted by molar-refractivity contribution is 0.727. The van der Waals surface area contributed by atoms with E-state index in [2.05, 4.69) is 40.2 Å². The molecule has 1 aromatic carbocycles. The third-order valence-electron chi connectivity index (χ3n) is 3.18. The number of anilines is 1.